The molecule has 0 aliphatic carbocycles. The molecule has 2 heterocycles. The maximum Gasteiger partial charge on any atom is 0.326 e. The lowest BCUT2D eigenvalue weighted by Crippen LogP contribution is -2.46. The van der Waals surface area contributed by atoms with Gasteiger partial charge in [-0.05, 0) is 48.6 Å². The SMILES string of the molecule is CCc1ccc(-c2noc(C3=C(C)N(c4cccc(CC)c4)C(=O)NC3c3ccccc3)n2)cc1. The van der Waals surface area contributed by atoms with Crippen molar-refractivity contribution in [3.8, 4) is 11.4 Å². The van der Waals surface area contributed by atoms with Crippen molar-refractivity contribution in [2.75, 3.05) is 4.90 Å². The number of aromatic nitrogens is 2. The van der Waals surface area contributed by atoms with E-state index in [0.29, 0.717) is 11.7 Å². The van der Waals surface area contributed by atoms with Gasteiger partial charge in [-0.3, -0.25) is 4.90 Å². The monoisotopic (exact) mass is 464 g/mol. The number of anilines is 1. The first kappa shape index (κ1) is 22.6. The maximum absolute atomic E-state index is 13.4. The molecule has 0 fully saturated rings. The van der Waals surface area contributed by atoms with Crippen molar-refractivity contribution < 1.29 is 9.32 Å². The molecular formula is C29H28N4O2. The zero-order valence-corrected chi connectivity index (χ0v) is 20.2. The summed E-state index contributed by atoms with van der Waals surface area (Å²) in [6.45, 7) is 6.16. The van der Waals surface area contributed by atoms with Crippen molar-refractivity contribution in [3.63, 3.8) is 0 Å². The van der Waals surface area contributed by atoms with E-state index in [1.165, 1.54) is 5.56 Å². The summed E-state index contributed by atoms with van der Waals surface area (Å²) in [5, 5.41) is 7.44. The number of hydrogen-bond acceptors (Lipinski definition) is 4. The van der Waals surface area contributed by atoms with Gasteiger partial charge in [0.05, 0.1) is 17.3 Å². The Balaban J connectivity index is 1.63. The molecule has 1 aromatic heterocycles. The zero-order valence-electron chi connectivity index (χ0n) is 20.2. The fourth-order valence-corrected chi connectivity index (χ4v) is 4.48. The molecule has 0 saturated carbocycles. The number of benzene rings is 3. The van der Waals surface area contributed by atoms with Crippen LogP contribution in [-0.4, -0.2) is 16.2 Å². The van der Waals surface area contributed by atoms with Gasteiger partial charge in [0.2, 0.25) is 5.82 Å². The molecule has 35 heavy (non-hydrogen) atoms. The fourth-order valence-electron chi connectivity index (χ4n) is 4.48. The highest BCUT2D eigenvalue weighted by molar-refractivity contribution is 6.01. The lowest BCUT2D eigenvalue weighted by atomic mass is 9.94. The van der Waals surface area contributed by atoms with Gasteiger partial charge in [-0.25, -0.2) is 4.79 Å². The molecule has 176 valence electrons. The summed E-state index contributed by atoms with van der Waals surface area (Å²) in [6, 6.07) is 25.4. The van der Waals surface area contributed by atoms with Gasteiger partial charge < -0.3 is 9.84 Å². The van der Waals surface area contributed by atoms with Gasteiger partial charge in [0, 0.05) is 11.3 Å². The maximum atomic E-state index is 13.4. The number of nitrogens with zero attached hydrogens (tertiary/aromatic N) is 3. The van der Waals surface area contributed by atoms with Crippen LogP contribution in [0.2, 0.25) is 0 Å². The Bertz CT molecular complexity index is 1370. The lowest BCUT2D eigenvalue weighted by Gasteiger charge is -2.35. The standard InChI is InChI=1S/C29H28N4O2/c1-4-20-14-16-23(17-15-20)27-31-28(35-32-27)25-19(3)33(24-13-9-10-21(5-2)18-24)29(34)30-26(25)22-11-7-6-8-12-22/h6-18,26H,4-5H2,1-3H3,(H,30,34). The zero-order chi connectivity index (χ0) is 24.4. The van der Waals surface area contributed by atoms with Gasteiger partial charge >= 0.3 is 6.03 Å². The highest BCUT2D eigenvalue weighted by Crippen LogP contribution is 2.39. The van der Waals surface area contributed by atoms with E-state index >= 15 is 0 Å². The summed E-state index contributed by atoms with van der Waals surface area (Å²) in [5.74, 6) is 0.911. The van der Waals surface area contributed by atoms with E-state index in [9.17, 15) is 4.79 Å². The van der Waals surface area contributed by atoms with E-state index in [1.807, 2.05) is 67.6 Å². The van der Waals surface area contributed by atoms with Crippen LogP contribution in [0.25, 0.3) is 17.0 Å². The minimum absolute atomic E-state index is 0.191. The fraction of sp³-hybridized carbons (Fsp3) is 0.207. The Morgan fingerprint density at radius 2 is 1.66 bits per heavy atom. The number of allylic oxidation sites excluding steroid dienone is 1. The molecule has 2 amide bonds. The molecule has 5 rings (SSSR count). The summed E-state index contributed by atoms with van der Waals surface area (Å²) in [5.41, 5.74) is 6.58. The highest BCUT2D eigenvalue weighted by Gasteiger charge is 2.36. The average Bonchev–Trinajstić information content (AvgIpc) is 3.39. The summed E-state index contributed by atoms with van der Waals surface area (Å²) in [4.78, 5) is 19.8. The largest absolute Gasteiger partial charge is 0.334 e. The number of carbonyl (C=O) groups excluding carboxylic acids is 1. The van der Waals surface area contributed by atoms with Gasteiger partial charge in [-0.2, -0.15) is 4.98 Å². The third-order valence-corrected chi connectivity index (χ3v) is 6.47. The predicted molar refractivity (Wildman–Crippen MR) is 138 cm³/mol. The minimum Gasteiger partial charge on any atom is -0.334 e. The molecule has 0 radical (unpaired) electrons. The van der Waals surface area contributed by atoms with Crippen LogP contribution in [-0.2, 0) is 12.8 Å². The first-order chi connectivity index (χ1) is 17.1. The highest BCUT2D eigenvalue weighted by atomic mass is 16.5. The number of rotatable bonds is 6. The van der Waals surface area contributed by atoms with E-state index in [1.54, 1.807) is 4.90 Å². The molecule has 3 aromatic carbocycles. The number of carbonyl (C=O) groups is 1. The number of aryl methyl sites for hydroxylation is 2. The first-order valence-electron chi connectivity index (χ1n) is 12.0. The van der Waals surface area contributed by atoms with Gasteiger partial charge in [-0.15, -0.1) is 0 Å². The Hall–Kier alpha value is -4.19. The molecule has 4 aromatic rings. The molecule has 1 aliphatic heterocycles. The second-order valence-corrected chi connectivity index (χ2v) is 8.62. The summed E-state index contributed by atoms with van der Waals surface area (Å²) < 4.78 is 5.80. The second-order valence-electron chi connectivity index (χ2n) is 8.62. The summed E-state index contributed by atoms with van der Waals surface area (Å²) in [7, 11) is 0. The molecule has 1 aliphatic rings. The third-order valence-electron chi connectivity index (χ3n) is 6.47. The van der Waals surface area contributed by atoms with Crippen molar-refractivity contribution in [2.45, 2.75) is 39.7 Å². The Kier molecular flexibility index (Phi) is 6.19. The topological polar surface area (TPSA) is 71.3 Å². The third kappa shape index (κ3) is 4.35. The van der Waals surface area contributed by atoms with Crippen LogP contribution in [0.5, 0.6) is 0 Å². The van der Waals surface area contributed by atoms with Crippen LogP contribution in [0.15, 0.2) is 89.1 Å². The van der Waals surface area contributed by atoms with E-state index in [0.717, 1.165) is 46.5 Å². The van der Waals surface area contributed by atoms with Crippen molar-refractivity contribution >= 4 is 17.3 Å². The van der Waals surface area contributed by atoms with Crippen LogP contribution < -0.4 is 10.2 Å². The Labute approximate surface area is 205 Å². The lowest BCUT2D eigenvalue weighted by molar-refractivity contribution is 0.244. The van der Waals surface area contributed by atoms with Crippen molar-refractivity contribution in [1.82, 2.24) is 15.5 Å². The van der Waals surface area contributed by atoms with Crippen molar-refractivity contribution in [1.29, 1.82) is 0 Å². The minimum atomic E-state index is -0.412. The van der Waals surface area contributed by atoms with E-state index in [2.05, 4.69) is 42.5 Å². The van der Waals surface area contributed by atoms with Gasteiger partial charge in [-0.1, -0.05) is 85.7 Å². The quantitative estimate of drug-likeness (QED) is 0.351. The molecule has 1 N–H and O–H groups in total. The van der Waals surface area contributed by atoms with Crippen LogP contribution in [0.4, 0.5) is 10.5 Å². The Morgan fingerprint density at radius 3 is 2.37 bits per heavy atom. The Morgan fingerprint density at radius 1 is 0.914 bits per heavy atom. The normalized spacial score (nSPS) is 15.9. The van der Waals surface area contributed by atoms with E-state index < -0.39 is 6.04 Å². The van der Waals surface area contributed by atoms with Crippen LogP contribution in [0, 0.1) is 0 Å². The summed E-state index contributed by atoms with van der Waals surface area (Å²) >= 11 is 0. The molecular weight excluding hydrogens is 436 g/mol. The molecule has 1 atom stereocenters. The molecule has 6 nitrogen and oxygen atoms in total. The number of nitrogens with one attached hydrogen (secondary N) is 1. The van der Waals surface area contributed by atoms with Crippen LogP contribution >= 0.6 is 0 Å². The average molecular weight is 465 g/mol. The molecule has 6 heteroatoms. The number of amides is 2. The first-order valence-corrected chi connectivity index (χ1v) is 12.0. The molecule has 0 spiro atoms. The molecule has 1 unspecified atom stereocenters. The van der Waals surface area contributed by atoms with Crippen LogP contribution in [0.3, 0.4) is 0 Å². The molecule has 0 bridgehead atoms. The summed E-state index contributed by atoms with van der Waals surface area (Å²) in [6.07, 6.45) is 1.85. The van der Waals surface area contributed by atoms with Gasteiger partial charge in [0.25, 0.3) is 5.89 Å². The van der Waals surface area contributed by atoms with E-state index in [-0.39, 0.29) is 6.03 Å². The van der Waals surface area contributed by atoms with Crippen molar-refractivity contribution in [3.05, 3.63) is 107 Å². The van der Waals surface area contributed by atoms with Gasteiger partial charge in [0.15, 0.2) is 0 Å². The van der Waals surface area contributed by atoms with E-state index in [4.69, 9.17) is 9.51 Å². The van der Waals surface area contributed by atoms with Gasteiger partial charge in [0.1, 0.15) is 0 Å². The van der Waals surface area contributed by atoms with Crippen molar-refractivity contribution in [2.24, 2.45) is 0 Å². The number of urea groups is 1. The predicted octanol–water partition coefficient (Wildman–Crippen LogP) is 6.56. The smallest absolute Gasteiger partial charge is 0.326 e. The number of hydrogen-bond donors (Lipinski definition) is 1. The molecule has 0 saturated heterocycles. The van der Waals surface area contributed by atoms with Crippen LogP contribution in [0.1, 0.15) is 49.4 Å². The second kappa shape index (κ2) is 9.58.